The van der Waals surface area contributed by atoms with Crippen molar-refractivity contribution >= 4 is 11.6 Å². The minimum atomic E-state index is -5.76. The van der Waals surface area contributed by atoms with E-state index in [1.165, 1.54) is 6.92 Å². The number of aryl methyl sites for hydroxylation is 1. The summed E-state index contributed by atoms with van der Waals surface area (Å²) >= 11 is 4.03. The summed E-state index contributed by atoms with van der Waals surface area (Å²) in [6, 6.07) is 0.440. The summed E-state index contributed by atoms with van der Waals surface area (Å²) in [5.41, 5.74) is -1.50. The van der Waals surface area contributed by atoms with E-state index in [0.29, 0.717) is 6.07 Å². The van der Waals surface area contributed by atoms with Crippen molar-refractivity contribution < 1.29 is 26.3 Å². The third kappa shape index (κ3) is 2.38. The minimum Gasteiger partial charge on any atom is -0.241 e. The number of alkyl halides is 7. The Morgan fingerprint density at radius 3 is 2.17 bits per heavy atom. The maximum absolute atomic E-state index is 13.3. The molecule has 0 aliphatic rings. The molecule has 2 nitrogen and oxygen atoms in total. The number of hydrogen-bond donors (Lipinski definition) is 0. The van der Waals surface area contributed by atoms with Crippen LogP contribution in [0.25, 0.3) is 0 Å². The lowest BCUT2D eigenvalue weighted by atomic mass is 10.1. The van der Waals surface area contributed by atoms with Gasteiger partial charge in [-0.15, -0.1) is 0 Å². The van der Waals surface area contributed by atoms with Crippen LogP contribution in [-0.4, -0.2) is 21.3 Å². The van der Waals surface area contributed by atoms with E-state index in [4.69, 9.17) is 0 Å². The van der Waals surface area contributed by atoms with Crippen molar-refractivity contribution in [3.8, 4) is 0 Å². The lowest BCUT2D eigenvalue weighted by molar-refractivity contribution is -0.287. The summed E-state index contributed by atoms with van der Waals surface area (Å²) in [5, 5.41) is -5.40. The number of aromatic nitrogens is 2. The predicted molar refractivity (Wildman–Crippen MR) is 51.1 cm³/mol. The third-order valence-corrected chi connectivity index (χ3v) is 2.33. The van der Waals surface area contributed by atoms with Crippen molar-refractivity contribution in [3.63, 3.8) is 0 Å². The van der Waals surface area contributed by atoms with Crippen LogP contribution in [0.15, 0.2) is 12.3 Å². The quantitative estimate of drug-likeness (QED) is 0.626. The molecule has 0 N–H and O–H groups in total. The van der Waals surface area contributed by atoms with Gasteiger partial charge in [-0.2, -0.15) is 26.3 Å². The number of halogens is 7. The van der Waals surface area contributed by atoms with E-state index < -0.39 is 22.9 Å². The van der Waals surface area contributed by atoms with Crippen molar-refractivity contribution in [2.24, 2.45) is 0 Å². The smallest absolute Gasteiger partial charge is 0.241 e. The van der Waals surface area contributed by atoms with E-state index >= 15 is 0 Å². The second kappa shape index (κ2) is 4.56. The topological polar surface area (TPSA) is 25.8 Å². The maximum atomic E-state index is 13.3. The van der Waals surface area contributed by atoms with Gasteiger partial charge in [-0.3, -0.25) is 0 Å². The van der Waals surface area contributed by atoms with Crippen LogP contribution in [0, 0.1) is 0 Å². The molecular formula is C9H7ClF6N2. The number of nitrogens with zero attached hydrogens (tertiary/aromatic N) is 2. The highest BCUT2D eigenvalue weighted by Gasteiger charge is 2.72. The van der Waals surface area contributed by atoms with Crippen LogP contribution in [0.5, 0.6) is 0 Å². The Hall–Kier alpha value is -1.05. The summed E-state index contributed by atoms with van der Waals surface area (Å²) < 4.78 is 77.3. The molecular weight excluding hydrogens is 286 g/mol. The Kier molecular flexibility index (Phi) is 3.81. The van der Waals surface area contributed by atoms with Crippen LogP contribution < -0.4 is 0 Å². The Balaban J connectivity index is 3.28. The highest BCUT2D eigenvalue weighted by Crippen LogP contribution is 2.52. The maximum Gasteiger partial charge on any atom is 0.392 e. The molecule has 0 spiro atoms. The van der Waals surface area contributed by atoms with Crippen molar-refractivity contribution in [1.29, 1.82) is 0 Å². The first kappa shape index (κ1) is 15.0. The Morgan fingerprint density at radius 1 is 1.17 bits per heavy atom. The molecule has 0 aromatic carbocycles. The van der Waals surface area contributed by atoms with Gasteiger partial charge in [0.25, 0.3) is 0 Å². The highest BCUT2D eigenvalue weighted by molar-refractivity contribution is 6.22. The summed E-state index contributed by atoms with van der Waals surface area (Å²) in [6.07, 6.45) is 0.879. The van der Waals surface area contributed by atoms with Gasteiger partial charge < -0.3 is 0 Å². The molecule has 1 aromatic rings. The van der Waals surface area contributed by atoms with Crippen molar-refractivity contribution in [1.82, 2.24) is 9.97 Å². The lowest BCUT2D eigenvalue weighted by Gasteiger charge is -2.28. The van der Waals surface area contributed by atoms with E-state index in [0.717, 1.165) is 6.20 Å². The molecule has 0 saturated carbocycles. The van der Waals surface area contributed by atoms with Crippen molar-refractivity contribution in [2.75, 3.05) is 0 Å². The van der Waals surface area contributed by atoms with Crippen LogP contribution in [-0.2, 0) is 12.3 Å². The van der Waals surface area contributed by atoms with Gasteiger partial charge in [0.05, 0.1) is 0 Å². The van der Waals surface area contributed by atoms with Gasteiger partial charge in [-0.25, -0.2) is 9.97 Å². The highest BCUT2D eigenvalue weighted by atomic mass is 35.5. The van der Waals surface area contributed by atoms with Gasteiger partial charge in [-0.1, -0.05) is 6.92 Å². The molecule has 1 rings (SSSR count). The van der Waals surface area contributed by atoms with E-state index in [1.807, 2.05) is 0 Å². The van der Waals surface area contributed by atoms with Crippen LogP contribution in [0.4, 0.5) is 26.3 Å². The van der Waals surface area contributed by atoms with E-state index in [2.05, 4.69) is 21.6 Å². The summed E-state index contributed by atoms with van der Waals surface area (Å²) in [6.45, 7) is 1.49. The Morgan fingerprint density at radius 2 is 1.72 bits per heavy atom. The van der Waals surface area contributed by atoms with Gasteiger partial charge >= 0.3 is 17.2 Å². The molecule has 1 aromatic heterocycles. The lowest BCUT2D eigenvalue weighted by Crippen LogP contribution is -2.49. The first-order valence-electron chi connectivity index (χ1n) is 4.68. The minimum absolute atomic E-state index is 0.0900. The molecule has 9 heteroatoms. The first-order chi connectivity index (χ1) is 8.04. The van der Waals surface area contributed by atoms with Gasteiger partial charge in [-0.05, 0) is 17.7 Å². The van der Waals surface area contributed by atoms with Crippen LogP contribution >= 0.6 is 11.6 Å². The number of rotatable bonds is 4. The summed E-state index contributed by atoms with van der Waals surface area (Å²) in [4.78, 5) is 6.62. The van der Waals surface area contributed by atoms with E-state index in [1.54, 1.807) is 0 Å². The largest absolute Gasteiger partial charge is 0.392 e. The first-order valence-corrected chi connectivity index (χ1v) is 5.06. The molecule has 0 bridgehead atoms. The number of hydrogen-bond acceptors (Lipinski definition) is 2. The average Bonchev–Trinajstić information content (AvgIpc) is 2.27. The molecule has 0 saturated heterocycles. The zero-order valence-corrected chi connectivity index (χ0v) is 9.66. The zero-order valence-electron chi connectivity index (χ0n) is 8.90. The fourth-order valence-electron chi connectivity index (χ4n) is 1.08. The predicted octanol–water partition coefficient (Wildman–Crippen LogP) is 3.60. The van der Waals surface area contributed by atoms with E-state index in [9.17, 15) is 26.3 Å². The third-order valence-electron chi connectivity index (χ3n) is 2.09. The zero-order chi connectivity index (χ0) is 14.2. The molecule has 0 aliphatic carbocycles. The monoisotopic (exact) mass is 292 g/mol. The molecule has 0 radical (unpaired) electrons. The van der Waals surface area contributed by atoms with E-state index in [-0.39, 0.29) is 12.2 Å². The second-order valence-electron chi connectivity index (χ2n) is 3.36. The Bertz CT molecular complexity index is 431. The second-order valence-corrected chi connectivity index (χ2v) is 3.83. The Labute approximate surface area is 103 Å². The van der Waals surface area contributed by atoms with Crippen molar-refractivity contribution in [3.05, 3.63) is 23.8 Å². The SMILES string of the molecule is CCc1nccc(C(F)(F)C(F)(F)C(F)(F)Cl)n1. The van der Waals surface area contributed by atoms with Crippen LogP contribution in [0.3, 0.4) is 0 Å². The van der Waals surface area contributed by atoms with Crippen molar-refractivity contribution in [2.45, 2.75) is 30.6 Å². The van der Waals surface area contributed by atoms with Gasteiger partial charge in [0, 0.05) is 12.6 Å². The normalized spacial score (nSPS) is 13.8. The molecule has 0 fully saturated rings. The van der Waals surface area contributed by atoms with Crippen LogP contribution in [0.2, 0.25) is 0 Å². The average molecular weight is 293 g/mol. The summed E-state index contributed by atoms with van der Waals surface area (Å²) in [5.74, 6) is -11.1. The summed E-state index contributed by atoms with van der Waals surface area (Å²) in [7, 11) is 0. The molecule has 0 amide bonds. The van der Waals surface area contributed by atoms with Gasteiger partial charge in [0.1, 0.15) is 11.5 Å². The molecule has 18 heavy (non-hydrogen) atoms. The fourth-order valence-corrected chi connectivity index (χ4v) is 1.20. The molecule has 102 valence electrons. The van der Waals surface area contributed by atoms with Gasteiger partial charge in [0.15, 0.2) is 0 Å². The fraction of sp³-hybridized carbons (Fsp3) is 0.556. The molecule has 0 aliphatic heterocycles. The van der Waals surface area contributed by atoms with Gasteiger partial charge in [0.2, 0.25) is 0 Å². The van der Waals surface area contributed by atoms with Crippen LogP contribution in [0.1, 0.15) is 18.4 Å². The standard InChI is InChI=1S/C9H7ClF6N2/c1-2-6-17-4-3-5(18-6)7(11,12)8(13,14)9(10,15)16/h3-4H,2H2,1H3. The molecule has 0 atom stereocenters. The molecule has 1 heterocycles. The molecule has 0 unspecified atom stereocenters.